The maximum atomic E-state index is 9.16. The monoisotopic (exact) mass is 353 g/mol. The molecule has 0 aromatic heterocycles. The SMILES string of the molecule is C=CN[C@H](CCO)Cc1ccc(/C(=C/N(C=C)CCC=CC)N=C)cc1. The third kappa shape index (κ3) is 7.53. The molecule has 0 bridgehead atoms. The maximum Gasteiger partial charge on any atom is 0.0856 e. The van der Waals surface area contributed by atoms with Gasteiger partial charge in [-0.2, -0.15) is 0 Å². The van der Waals surface area contributed by atoms with Crippen molar-refractivity contribution in [2.45, 2.75) is 32.2 Å². The first-order chi connectivity index (χ1) is 12.7. The summed E-state index contributed by atoms with van der Waals surface area (Å²) in [5.74, 6) is 0. The van der Waals surface area contributed by atoms with Crippen molar-refractivity contribution in [1.29, 1.82) is 0 Å². The largest absolute Gasteiger partial charge is 0.396 e. The molecule has 0 amide bonds. The highest BCUT2D eigenvalue weighted by Gasteiger charge is 2.08. The highest BCUT2D eigenvalue weighted by atomic mass is 16.3. The Balaban J connectivity index is 2.85. The van der Waals surface area contributed by atoms with Gasteiger partial charge in [0.2, 0.25) is 0 Å². The lowest BCUT2D eigenvalue weighted by molar-refractivity contribution is 0.269. The van der Waals surface area contributed by atoms with Gasteiger partial charge in [0, 0.05) is 31.0 Å². The van der Waals surface area contributed by atoms with Gasteiger partial charge in [0.15, 0.2) is 0 Å². The Bertz CT molecular complexity index is 617. The molecule has 1 aromatic rings. The number of nitrogens with one attached hydrogen (secondary N) is 1. The smallest absolute Gasteiger partial charge is 0.0856 e. The fourth-order valence-corrected chi connectivity index (χ4v) is 2.63. The Hall–Kier alpha value is -2.59. The van der Waals surface area contributed by atoms with E-state index in [0.717, 1.165) is 30.6 Å². The molecule has 0 heterocycles. The predicted octanol–water partition coefficient (Wildman–Crippen LogP) is 4.12. The van der Waals surface area contributed by atoms with E-state index in [4.69, 9.17) is 5.11 Å². The lowest BCUT2D eigenvalue weighted by atomic mass is 10.0. The first-order valence-corrected chi connectivity index (χ1v) is 8.93. The van der Waals surface area contributed by atoms with Crippen molar-refractivity contribution in [3.63, 3.8) is 0 Å². The first-order valence-electron chi connectivity index (χ1n) is 8.93. The fourth-order valence-electron chi connectivity index (χ4n) is 2.63. The molecule has 0 spiro atoms. The average molecular weight is 354 g/mol. The van der Waals surface area contributed by atoms with Crippen LogP contribution in [-0.4, -0.2) is 35.9 Å². The standard InChI is InChI=1S/C22H31N3O/c1-5-8-9-15-25(7-3)18-22(23-4)20-12-10-19(11-13-20)17-21(14-16-26)24-6-2/h5-8,10-13,18,21,24,26H,2-4,9,14-17H2,1H3/b8-5?,22-18-/t21-/m1/s1. The van der Waals surface area contributed by atoms with Crippen molar-refractivity contribution in [3.05, 3.63) is 79.3 Å². The molecule has 4 nitrogen and oxygen atoms in total. The first kappa shape index (κ1) is 21.5. The average Bonchev–Trinajstić information content (AvgIpc) is 2.66. The summed E-state index contributed by atoms with van der Waals surface area (Å²) in [5.41, 5.74) is 3.02. The number of aliphatic hydroxyl groups is 1. The van der Waals surface area contributed by atoms with Gasteiger partial charge in [0.25, 0.3) is 0 Å². The molecule has 0 saturated carbocycles. The molecule has 0 unspecified atom stereocenters. The summed E-state index contributed by atoms with van der Waals surface area (Å²) in [4.78, 5) is 6.19. The number of nitrogens with zero attached hydrogens (tertiary/aromatic N) is 2. The molecule has 1 rings (SSSR count). The van der Waals surface area contributed by atoms with Crippen molar-refractivity contribution >= 4 is 12.4 Å². The topological polar surface area (TPSA) is 47.9 Å². The molecule has 4 heteroatoms. The minimum Gasteiger partial charge on any atom is -0.396 e. The van der Waals surface area contributed by atoms with E-state index >= 15 is 0 Å². The summed E-state index contributed by atoms with van der Waals surface area (Å²) in [5, 5.41) is 12.3. The van der Waals surface area contributed by atoms with Crippen molar-refractivity contribution < 1.29 is 5.11 Å². The van der Waals surface area contributed by atoms with E-state index in [1.807, 2.05) is 36.2 Å². The lowest BCUT2D eigenvalue weighted by Gasteiger charge is -2.17. The second kappa shape index (κ2) is 12.7. The fraction of sp³-hybridized carbons (Fsp3) is 0.318. The maximum absolute atomic E-state index is 9.16. The zero-order chi connectivity index (χ0) is 19.2. The van der Waals surface area contributed by atoms with Crippen LogP contribution in [0.3, 0.4) is 0 Å². The van der Waals surface area contributed by atoms with Crippen LogP contribution in [0.2, 0.25) is 0 Å². The van der Waals surface area contributed by atoms with E-state index in [2.05, 4.69) is 48.4 Å². The number of aliphatic hydroxyl groups excluding tert-OH is 1. The summed E-state index contributed by atoms with van der Waals surface area (Å²) >= 11 is 0. The number of allylic oxidation sites excluding steroid dienone is 1. The number of benzene rings is 1. The van der Waals surface area contributed by atoms with Gasteiger partial charge in [-0.05, 0) is 50.9 Å². The third-order valence-corrected chi connectivity index (χ3v) is 4.05. The van der Waals surface area contributed by atoms with Gasteiger partial charge in [0.05, 0.1) is 5.70 Å². The third-order valence-electron chi connectivity index (χ3n) is 4.05. The second-order valence-electron chi connectivity index (χ2n) is 5.93. The van der Waals surface area contributed by atoms with Crippen LogP contribution in [0.4, 0.5) is 0 Å². The molecule has 0 fully saturated rings. The van der Waals surface area contributed by atoms with Gasteiger partial charge in [0.1, 0.15) is 0 Å². The number of hydrogen-bond donors (Lipinski definition) is 2. The molecule has 0 aliphatic heterocycles. The van der Waals surface area contributed by atoms with Crippen LogP contribution < -0.4 is 5.32 Å². The molecule has 140 valence electrons. The van der Waals surface area contributed by atoms with Crippen LogP contribution in [0.1, 0.15) is 30.9 Å². The molecular weight excluding hydrogens is 322 g/mol. The van der Waals surface area contributed by atoms with Crippen molar-refractivity contribution in [3.8, 4) is 0 Å². The van der Waals surface area contributed by atoms with Crippen LogP contribution in [0.5, 0.6) is 0 Å². The summed E-state index contributed by atoms with van der Waals surface area (Å²) in [6.45, 7) is 14.3. The Labute approximate surface area is 158 Å². The van der Waals surface area contributed by atoms with Gasteiger partial charge < -0.3 is 15.3 Å². The highest BCUT2D eigenvalue weighted by Crippen LogP contribution is 2.18. The van der Waals surface area contributed by atoms with E-state index in [-0.39, 0.29) is 12.6 Å². The van der Waals surface area contributed by atoms with Crippen molar-refractivity contribution in [1.82, 2.24) is 10.2 Å². The van der Waals surface area contributed by atoms with Gasteiger partial charge in [-0.15, -0.1) is 0 Å². The number of hydrogen-bond acceptors (Lipinski definition) is 4. The molecule has 0 radical (unpaired) electrons. The molecule has 2 N–H and O–H groups in total. The van der Waals surface area contributed by atoms with E-state index in [0.29, 0.717) is 6.42 Å². The molecular formula is C22H31N3O. The second-order valence-corrected chi connectivity index (χ2v) is 5.93. The van der Waals surface area contributed by atoms with Gasteiger partial charge >= 0.3 is 0 Å². The summed E-state index contributed by atoms with van der Waals surface area (Å²) in [6.07, 6.45) is 12.1. The normalized spacial score (nSPS) is 12.6. The molecule has 1 aromatic carbocycles. The van der Waals surface area contributed by atoms with E-state index < -0.39 is 0 Å². The molecule has 0 aliphatic rings. The van der Waals surface area contributed by atoms with Crippen LogP contribution in [-0.2, 0) is 6.42 Å². The summed E-state index contributed by atoms with van der Waals surface area (Å²) in [7, 11) is 0. The molecule has 1 atom stereocenters. The van der Waals surface area contributed by atoms with Crippen LogP contribution >= 0.6 is 0 Å². The lowest BCUT2D eigenvalue weighted by Crippen LogP contribution is -2.27. The Morgan fingerprint density at radius 1 is 1.31 bits per heavy atom. The Morgan fingerprint density at radius 3 is 2.58 bits per heavy atom. The number of rotatable bonds is 13. The van der Waals surface area contributed by atoms with Gasteiger partial charge in [-0.25, -0.2) is 0 Å². The van der Waals surface area contributed by atoms with Crippen molar-refractivity contribution in [2.24, 2.45) is 4.99 Å². The highest BCUT2D eigenvalue weighted by molar-refractivity contribution is 5.67. The van der Waals surface area contributed by atoms with E-state index in [9.17, 15) is 0 Å². The predicted molar refractivity (Wildman–Crippen MR) is 113 cm³/mol. The minimum absolute atomic E-state index is 0.154. The minimum atomic E-state index is 0.154. The van der Waals surface area contributed by atoms with Crippen LogP contribution in [0.25, 0.3) is 5.70 Å². The zero-order valence-corrected chi connectivity index (χ0v) is 15.8. The van der Waals surface area contributed by atoms with Crippen molar-refractivity contribution in [2.75, 3.05) is 13.2 Å². The summed E-state index contributed by atoms with van der Waals surface area (Å²) in [6, 6.07) is 8.45. The summed E-state index contributed by atoms with van der Waals surface area (Å²) < 4.78 is 0. The molecule has 26 heavy (non-hydrogen) atoms. The van der Waals surface area contributed by atoms with Gasteiger partial charge in [-0.1, -0.05) is 49.6 Å². The van der Waals surface area contributed by atoms with Gasteiger partial charge in [-0.3, -0.25) is 4.99 Å². The van der Waals surface area contributed by atoms with E-state index in [1.54, 1.807) is 12.4 Å². The molecule has 0 saturated heterocycles. The van der Waals surface area contributed by atoms with Crippen LogP contribution in [0, 0.1) is 0 Å². The van der Waals surface area contributed by atoms with E-state index in [1.165, 1.54) is 5.56 Å². The number of aliphatic imine (C=N–C) groups is 1. The quantitative estimate of drug-likeness (QED) is 0.414. The zero-order valence-electron chi connectivity index (χ0n) is 15.8. The Kier molecular flexibility index (Phi) is 10.5. The Morgan fingerprint density at radius 2 is 2.04 bits per heavy atom. The molecule has 0 aliphatic carbocycles. The van der Waals surface area contributed by atoms with Crippen LogP contribution in [0.15, 0.2) is 73.2 Å².